The summed E-state index contributed by atoms with van der Waals surface area (Å²) in [5.74, 6) is 0. The lowest BCUT2D eigenvalue weighted by Gasteiger charge is -2.36. The lowest BCUT2D eigenvalue weighted by atomic mass is 10.0. The average Bonchev–Trinajstić information content (AvgIpc) is 2.51. The van der Waals surface area contributed by atoms with E-state index in [4.69, 9.17) is 23.2 Å². The van der Waals surface area contributed by atoms with Crippen LogP contribution in [0.25, 0.3) is 0 Å². The number of hydrogen-bond acceptors (Lipinski definition) is 2. The van der Waals surface area contributed by atoms with Crippen LogP contribution in [0.2, 0.25) is 10.0 Å². The summed E-state index contributed by atoms with van der Waals surface area (Å²) in [6.07, 6.45) is 0. The standard InChI is InChI=1S/C17H18Cl2N2/c18-15-7-6-14(16(19)10-15)12-21-9-8-20-11-17(21)13-4-2-1-3-5-13/h1-7,10,17,20H,8-9,11-12H2. The number of nitrogens with zero attached hydrogens (tertiary/aromatic N) is 1. The predicted molar refractivity (Wildman–Crippen MR) is 88.9 cm³/mol. The van der Waals surface area contributed by atoms with Crippen LogP contribution in [-0.2, 0) is 6.54 Å². The molecule has 0 saturated carbocycles. The Bertz CT molecular complexity index is 601. The smallest absolute Gasteiger partial charge is 0.0476 e. The SMILES string of the molecule is Clc1ccc(CN2CCNCC2c2ccccc2)c(Cl)c1. The van der Waals surface area contributed by atoms with Gasteiger partial charge < -0.3 is 5.32 Å². The Morgan fingerprint density at radius 1 is 1.10 bits per heavy atom. The minimum atomic E-state index is 0.381. The zero-order valence-corrected chi connectivity index (χ0v) is 13.2. The lowest BCUT2D eigenvalue weighted by Crippen LogP contribution is -2.45. The molecule has 1 N–H and O–H groups in total. The molecule has 1 atom stereocenters. The quantitative estimate of drug-likeness (QED) is 0.914. The lowest BCUT2D eigenvalue weighted by molar-refractivity contribution is 0.154. The third-order valence-corrected chi connectivity index (χ3v) is 4.51. The molecule has 0 amide bonds. The largest absolute Gasteiger partial charge is 0.314 e. The van der Waals surface area contributed by atoms with E-state index in [2.05, 4.69) is 40.5 Å². The van der Waals surface area contributed by atoms with E-state index in [1.54, 1.807) is 0 Å². The summed E-state index contributed by atoms with van der Waals surface area (Å²) < 4.78 is 0. The van der Waals surface area contributed by atoms with E-state index in [0.717, 1.165) is 36.8 Å². The van der Waals surface area contributed by atoms with E-state index >= 15 is 0 Å². The van der Waals surface area contributed by atoms with Gasteiger partial charge in [-0.05, 0) is 23.3 Å². The summed E-state index contributed by atoms with van der Waals surface area (Å²) in [4.78, 5) is 2.47. The van der Waals surface area contributed by atoms with Crippen LogP contribution in [0, 0.1) is 0 Å². The number of nitrogens with one attached hydrogen (secondary N) is 1. The molecule has 1 aliphatic heterocycles. The van der Waals surface area contributed by atoms with Crippen molar-refractivity contribution in [1.82, 2.24) is 10.2 Å². The van der Waals surface area contributed by atoms with Crippen LogP contribution in [0.3, 0.4) is 0 Å². The molecule has 1 aliphatic rings. The molecule has 2 aromatic carbocycles. The molecule has 21 heavy (non-hydrogen) atoms. The van der Waals surface area contributed by atoms with Crippen molar-refractivity contribution < 1.29 is 0 Å². The normalized spacial score (nSPS) is 19.6. The fourth-order valence-corrected chi connectivity index (χ4v) is 3.28. The van der Waals surface area contributed by atoms with Gasteiger partial charge in [-0.15, -0.1) is 0 Å². The zero-order chi connectivity index (χ0) is 14.7. The Hall–Kier alpha value is -1.06. The highest BCUT2D eigenvalue weighted by molar-refractivity contribution is 6.35. The van der Waals surface area contributed by atoms with Crippen LogP contribution in [-0.4, -0.2) is 24.5 Å². The molecule has 4 heteroatoms. The fraction of sp³-hybridized carbons (Fsp3) is 0.294. The highest BCUT2D eigenvalue weighted by Gasteiger charge is 2.24. The molecule has 0 aliphatic carbocycles. The molecular formula is C17H18Cl2N2. The first kappa shape index (κ1) is 14.9. The van der Waals surface area contributed by atoms with Crippen molar-refractivity contribution in [1.29, 1.82) is 0 Å². The second-order valence-electron chi connectivity index (χ2n) is 5.34. The molecule has 3 rings (SSSR count). The fourth-order valence-electron chi connectivity index (χ4n) is 2.81. The molecule has 1 unspecified atom stereocenters. The molecule has 110 valence electrons. The minimum absolute atomic E-state index is 0.381. The van der Waals surface area contributed by atoms with E-state index in [0.29, 0.717) is 11.1 Å². The van der Waals surface area contributed by atoms with E-state index in [9.17, 15) is 0 Å². The highest BCUT2D eigenvalue weighted by Crippen LogP contribution is 2.27. The molecule has 2 aromatic rings. The maximum atomic E-state index is 6.32. The number of hydrogen-bond donors (Lipinski definition) is 1. The van der Waals surface area contributed by atoms with Crippen molar-refractivity contribution in [3.63, 3.8) is 0 Å². The van der Waals surface area contributed by atoms with Crippen molar-refractivity contribution in [2.24, 2.45) is 0 Å². The molecule has 0 aromatic heterocycles. The Morgan fingerprint density at radius 3 is 2.67 bits per heavy atom. The van der Waals surface area contributed by atoms with Crippen LogP contribution in [0.4, 0.5) is 0 Å². The van der Waals surface area contributed by atoms with Crippen LogP contribution in [0.5, 0.6) is 0 Å². The average molecular weight is 321 g/mol. The van der Waals surface area contributed by atoms with Gasteiger partial charge in [0.05, 0.1) is 0 Å². The zero-order valence-electron chi connectivity index (χ0n) is 11.7. The maximum Gasteiger partial charge on any atom is 0.0476 e. The van der Waals surface area contributed by atoms with Crippen LogP contribution in [0.15, 0.2) is 48.5 Å². The van der Waals surface area contributed by atoms with Crippen molar-refractivity contribution >= 4 is 23.2 Å². The molecule has 1 fully saturated rings. The van der Waals surface area contributed by atoms with Gasteiger partial charge in [0.2, 0.25) is 0 Å². The van der Waals surface area contributed by atoms with Crippen molar-refractivity contribution in [3.8, 4) is 0 Å². The first-order chi connectivity index (χ1) is 10.2. The third-order valence-electron chi connectivity index (χ3n) is 3.93. The van der Waals surface area contributed by atoms with E-state index in [1.807, 2.05) is 18.2 Å². The molecule has 2 nitrogen and oxygen atoms in total. The second-order valence-corrected chi connectivity index (χ2v) is 6.18. The Morgan fingerprint density at radius 2 is 1.90 bits per heavy atom. The topological polar surface area (TPSA) is 15.3 Å². The van der Waals surface area contributed by atoms with Gasteiger partial charge in [0.25, 0.3) is 0 Å². The molecule has 0 radical (unpaired) electrons. The van der Waals surface area contributed by atoms with Gasteiger partial charge in [-0.2, -0.15) is 0 Å². The van der Waals surface area contributed by atoms with Gasteiger partial charge in [0, 0.05) is 42.3 Å². The van der Waals surface area contributed by atoms with Gasteiger partial charge in [0.15, 0.2) is 0 Å². The Balaban J connectivity index is 1.81. The number of rotatable bonds is 3. The van der Waals surface area contributed by atoms with Crippen LogP contribution >= 0.6 is 23.2 Å². The summed E-state index contributed by atoms with van der Waals surface area (Å²) in [7, 11) is 0. The van der Waals surface area contributed by atoms with E-state index < -0.39 is 0 Å². The molecule has 1 heterocycles. The summed E-state index contributed by atoms with van der Waals surface area (Å²) >= 11 is 12.3. The van der Waals surface area contributed by atoms with Gasteiger partial charge in [-0.3, -0.25) is 4.90 Å². The Labute approximate surface area is 135 Å². The maximum absolute atomic E-state index is 6.32. The predicted octanol–water partition coefficient (Wildman–Crippen LogP) is 4.14. The number of piperazine rings is 1. The van der Waals surface area contributed by atoms with Gasteiger partial charge >= 0.3 is 0 Å². The Kier molecular flexibility index (Phi) is 4.81. The molecule has 0 spiro atoms. The van der Waals surface area contributed by atoms with Crippen LogP contribution in [0.1, 0.15) is 17.2 Å². The summed E-state index contributed by atoms with van der Waals surface area (Å²) in [6, 6.07) is 16.7. The van der Waals surface area contributed by atoms with Gasteiger partial charge in [-0.1, -0.05) is 59.6 Å². The van der Waals surface area contributed by atoms with Crippen LogP contribution < -0.4 is 5.32 Å². The third kappa shape index (κ3) is 3.58. The van der Waals surface area contributed by atoms with Crippen molar-refractivity contribution in [2.45, 2.75) is 12.6 Å². The van der Waals surface area contributed by atoms with Gasteiger partial charge in [-0.25, -0.2) is 0 Å². The molecule has 1 saturated heterocycles. The molecule has 0 bridgehead atoms. The second kappa shape index (κ2) is 6.80. The monoisotopic (exact) mass is 320 g/mol. The van der Waals surface area contributed by atoms with E-state index in [1.165, 1.54) is 5.56 Å². The summed E-state index contributed by atoms with van der Waals surface area (Å²) in [6.45, 7) is 3.83. The molecular weight excluding hydrogens is 303 g/mol. The number of benzene rings is 2. The summed E-state index contributed by atoms with van der Waals surface area (Å²) in [5, 5.41) is 4.90. The first-order valence-corrected chi connectivity index (χ1v) is 7.93. The van der Waals surface area contributed by atoms with Gasteiger partial charge in [0.1, 0.15) is 0 Å². The van der Waals surface area contributed by atoms with Crippen molar-refractivity contribution in [2.75, 3.05) is 19.6 Å². The van der Waals surface area contributed by atoms with E-state index in [-0.39, 0.29) is 0 Å². The van der Waals surface area contributed by atoms with Crippen molar-refractivity contribution in [3.05, 3.63) is 69.7 Å². The number of halogens is 2. The first-order valence-electron chi connectivity index (χ1n) is 7.17. The minimum Gasteiger partial charge on any atom is -0.314 e. The highest BCUT2D eigenvalue weighted by atomic mass is 35.5. The summed E-state index contributed by atoms with van der Waals surface area (Å²) in [5.41, 5.74) is 2.47.